The number of likely N-dealkylation sites (N-methyl/N-ethyl adjacent to an activating group) is 1. The molecule has 0 saturated carbocycles. The monoisotopic (exact) mass is 275 g/mol. The molecule has 0 unspecified atom stereocenters. The summed E-state index contributed by atoms with van der Waals surface area (Å²) in [5, 5.41) is 3.08. The molecular weight excluding hydrogens is 258 g/mol. The molecule has 1 heterocycles. The predicted octanol–water partition coefficient (Wildman–Crippen LogP) is 0.524. The molecule has 0 saturated heterocycles. The van der Waals surface area contributed by atoms with Gasteiger partial charge in [-0.15, -0.1) is 0 Å². The van der Waals surface area contributed by atoms with Gasteiger partial charge in [-0.1, -0.05) is 0 Å². The molecule has 0 aliphatic carbocycles. The molecular formula is C10H18ClN5O2. The van der Waals surface area contributed by atoms with E-state index in [0.717, 1.165) is 6.54 Å². The Labute approximate surface area is 111 Å². The topological polar surface area (TPSA) is 72.4 Å². The van der Waals surface area contributed by atoms with Crippen LogP contribution in [-0.2, 0) is 4.74 Å². The lowest BCUT2D eigenvalue weighted by atomic mass is 10.6. The average molecular weight is 276 g/mol. The fraction of sp³-hybridized carbons (Fsp3) is 0.700. The van der Waals surface area contributed by atoms with Gasteiger partial charge in [-0.3, -0.25) is 0 Å². The first-order chi connectivity index (χ1) is 8.61. The lowest BCUT2D eigenvalue weighted by molar-refractivity contribution is 0.126. The number of ether oxygens (including phenoxy) is 2. The predicted molar refractivity (Wildman–Crippen MR) is 69.3 cm³/mol. The van der Waals surface area contributed by atoms with Crippen LogP contribution in [0.15, 0.2) is 0 Å². The summed E-state index contributed by atoms with van der Waals surface area (Å²) in [5.74, 6) is 0.378. The van der Waals surface area contributed by atoms with E-state index in [2.05, 4.69) is 25.2 Å². The first-order valence-corrected chi connectivity index (χ1v) is 5.91. The number of aromatic nitrogens is 3. The van der Waals surface area contributed by atoms with Crippen molar-refractivity contribution in [3.05, 3.63) is 5.28 Å². The molecule has 1 N–H and O–H groups in total. The highest BCUT2D eigenvalue weighted by atomic mass is 35.5. The second-order valence-corrected chi connectivity index (χ2v) is 4.10. The van der Waals surface area contributed by atoms with Crippen molar-refractivity contribution in [2.24, 2.45) is 0 Å². The van der Waals surface area contributed by atoms with E-state index in [0.29, 0.717) is 25.7 Å². The summed E-state index contributed by atoms with van der Waals surface area (Å²) < 4.78 is 10.3. The molecule has 0 atom stereocenters. The third kappa shape index (κ3) is 5.95. The third-order valence-electron chi connectivity index (χ3n) is 1.98. The second-order valence-electron chi connectivity index (χ2n) is 3.76. The van der Waals surface area contributed by atoms with E-state index in [4.69, 9.17) is 21.1 Å². The van der Waals surface area contributed by atoms with Crippen LogP contribution in [0.25, 0.3) is 0 Å². The first-order valence-electron chi connectivity index (χ1n) is 5.53. The molecule has 1 aromatic rings. The maximum atomic E-state index is 5.71. The summed E-state index contributed by atoms with van der Waals surface area (Å²) in [5.41, 5.74) is 0. The molecule has 18 heavy (non-hydrogen) atoms. The van der Waals surface area contributed by atoms with Gasteiger partial charge >= 0.3 is 6.01 Å². The Morgan fingerprint density at radius 2 is 2.00 bits per heavy atom. The van der Waals surface area contributed by atoms with Crippen LogP contribution in [0, 0.1) is 0 Å². The minimum absolute atomic E-state index is 0.0953. The first kappa shape index (κ1) is 14.9. The van der Waals surface area contributed by atoms with Crippen molar-refractivity contribution in [1.82, 2.24) is 19.9 Å². The van der Waals surface area contributed by atoms with Gasteiger partial charge < -0.3 is 19.7 Å². The van der Waals surface area contributed by atoms with Crippen molar-refractivity contribution in [3.63, 3.8) is 0 Å². The fourth-order valence-electron chi connectivity index (χ4n) is 1.09. The van der Waals surface area contributed by atoms with Gasteiger partial charge in [0.05, 0.1) is 20.3 Å². The number of hydrogen-bond donors (Lipinski definition) is 1. The quantitative estimate of drug-likeness (QED) is 0.694. The molecule has 7 nitrogen and oxygen atoms in total. The van der Waals surface area contributed by atoms with E-state index in [1.165, 1.54) is 7.11 Å². The van der Waals surface area contributed by atoms with Crippen LogP contribution < -0.4 is 10.1 Å². The number of anilines is 1. The third-order valence-corrected chi connectivity index (χ3v) is 2.15. The number of methoxy groups -OCH3 is 1. The van der Waals surface area contributed by atoms with Gasteiger partial charge in [-0.2, -0.15) is 15.0 Å². The van der Waals surface area contributed by atoms with Crippen molar-refractivity contribution < 1.29 is 9.47 Å². The van der Waals surface area contributed by atoms with Gasteiger partial charge in [0.2, 0.25) is 11.2 Å². The van der Waals surface area contributed by atoms with Crippen molar-refractivity contribution in [3.8, 4) is 6.01 Å². The summed E-state index contributed by atoms with van der Waals surface area (Å²) >= 11 is 5.71. The van der Waals surface area contributed by atoms with Crippen molar-refractivity contribution in [2.75, 3.05) is 52.8 Å². The average Bonchev–Trinajstić information content (AvgIpc) is 2.32. The summed E-state index contributed by atoms with van der Waals surface area (Å²) in [6.07, 6.45) is 0. The largest absolute Gasteiger partial charge is 0.467 e. The minimum atomic E-state index is 0.0953. The Bertz CT molecular complexity index is 364. The Morgan fingerprint density at radius 1 is 1.22 bits per heavy atom. The minimum Gasteiger partial charge on any atom is -0.467 e. The van der Waals surface area contributed by atoms with E-state index in [1.54, 1.807) is 0 Å². The van der Waals surface area contributed by atoms with Crippen LogP contribution in [-0.4, -0.2) is 67.4 Å². The zero-order chi connectivity index (χ0) is 13.4. The number of halogens is 1. The van der Waals surface area contributed by atoms with Crippen molar-refractivity contribution in [2.45, 2.75) is 0 Å². The van der Waals surface area contributed by atoms with Crippen LogP contribution in [0.1, 0.15) is 0 Å². The second kappa shape index (κ2) is 8.02. The SMILES string of the molecule is COc1nc(Cl)nc(NCCOCCN(C)C)n1. The van der Waals surface area contributed by atoms with Crippen LogP contribution in [0.4, 0.5) is 5.95 Å². The summed E-state index contributed by atoms with van der Waals surface area (Å²) in [7, 11) is 5.47. The molecule has 0 bridgehead atoms. The molecule has 0 amide bonds. The van der Waals surface area contributed by atoms with Crippen molar-refractivity contribution >= 4 is 17.5 Å². The van der Waals surface area contributed by atoms with Crippen LogP contribution >= 0.6 is 11.6 Å². The Morgan fingerprint density at radius 3 is 2.67 bits per heavy atom. The number of nitrogens with one attached hydrogen (secondary N) is 1. The molecule has 0 aliphatic heterocycles. The number of hydrogen-bond acceptors (Lipinski definition) is 7. The van der Waals surface area contributed by atoms with E-state index in [-0.39, 0.29) is 11.3 Å². The standard InChI is InChI=1S/C10H18ClN5O2/c1-16(2)5-7-18-6-4-12-9-13-8(11)14-10(15-9)17-3/h4-7H2,1-3H3,(H,12,13,14,15). The molecule has 1 aromatic heterocycles. The molecule has 1 rings (SSSR count). The highest BCUT2D eigenvalue weighted by Crippen LogP contribution is 2.10. The summed E-state index contributed by atoms with van der Waals surface area (Å²) in [6, 6.07) is 0.186. The Hall–Kier alpha value is -1.18. The molecule has 0 aromatic carbocycles. The van der Waals surface area contributed by atoms with Gasteiger partial charge in [-0.25, -0.2) is 0 Å². The molecule has 102 valence electrons. The maximum Gasteiger partial charge on any atom is 0.322 e. The van der Waals surface area contributed by atoms with Gasteiger partial charge in [0.1, 0.15) is 0 Å². The van der Waals surface area contributed by atoms with E-state index in [9.17, 15) is 0 Å². The smallest absolute Gasteiger partial charge is 0.322 e. The summed E-state index contributed by atoms with van der Waals surface area (Å²) in [6.45, 7) is 2.75. The van der Waals surface area contributed by atoms with Crippen LogP contribution in [0.5, 0.6) is 6.01 Å². The molecule has 0 fully saturated rings. The van der Waals surface area contributed by atoms with E-state index >= 15 is 0 Å². The number of nitrogens with zero attached hydrogens (tertiary/aromatic N) is 4. The highest BCUT2D eigenvalue weighted by molar-refractivity contribution is 6.28. The fourth-order valence-corrected chi connectivity index (χ4v) is 1.24. The van der Waals surface area contributed by atoms with Gasteiger partial charge in [0.15, 0.2) is 0 Å². The van der Waals surface area contributed by atoms with E-state index < -0.39 is 0 Å². The van der Waals surface area contributed by atoms with E-state index in [1.807, 2.05) is 14.1 Å². The zero-order valence-corrected chi connectivity index (χ0v) is 11.6. The lowest BCUT2D eigenvalue weighted by Crippen LogP contribution is -2.20. The van der Waals surface area contributed by atoms with Gasteiger partial charge in [0, 0.05) is 13.1 Å². The highest BCUT2D eigenvalue weighted by Gasteiger charge is 2.03. The molecule has 8 heteroatoms. The Kier molecular flexibility index (Phi) is 6.63. The maximum absolute atomic E-state index is 5.71. The van der Waals surface area contributed by atoms with Crippen LogP contribution in [0.2, 0.25) is 5.28 Å². The zero-order valence-electron chi connectivity index (χ0n) is 10.8. The summed E-state index contributed by atoms with van der Waals surface area (Å²) in [4.78, 5) is 13.7. The van der Waals surface area contributed by atoms with Crippen molar-refractivity contribution in [1.29, 1.82) is 0 Å². The normalized spacial score (nSPS) is 10.7. The van der Waals surface area contributed by atoms with Gasteiger partial charge in [-0.05, 0) is 25.7 Å². The molecule has 0 radical (unpaired) electrons. The molecule has 0 aliphatic rings. The van der Waals surface area contributed by atoms with Crippen LogP contribution in [0.3, 0.4) is 0 Å². The molecule has 0 spiro atoms. The Balaban J connectivity index is 2.24. The lowest BCUT2D eigenvalue weighted by Gasteiger charge is -2.10. The van der Waals surface area contributed by atoms with Gasteiger partial charge in [0.25, 0.3) is 0 Å². The number of rotatable bonds is 8.